The summed E-state index contributed by atoms with van der Waals surface area (Å²) in [7, 11) is 0. The van der Waals surface area contributed by atoms with Crippen molar-refractivity contribution in [1.82, 2.24) is 19.6 Å². The lowest BCUT2D eigenvalue weighted by Gasteiger charge is -2.19. The second-order valence-corrected chi connectivity index (χ2v) is 8.77. The number of Topliss-reactive ketones (excluding diaryl/α,β-unsaturated/α-hetero) is 1. The molecule has 4 rings (SSSR count). The van der Waals surface area contributed by atoms with E-state index >= 15 is 0 Å². The van der Waals surface area contributed by atoms with Crippen LogP contribution in [0.15, 0.2) is 60.9 Å². The number of rotatable bonds is 5. The normalized spacial score (nSPS) is 11.5. The van der Waals surface area contributed by atoms with Gasteiger partial charge in [-0.2, -0.15) is 5.10 Å². The number of amides is 1. The van der Waals surface area contributed by atoms with E-state index in [1.54, 1.807) is 29.0 Å². The van der Waals surface area contributed by atoms with Crippen LogP contribution in [0.5, 0.6) is 0 Å². The highest BCUT2D eigenvalue weighted by atomic mass is 16.1. The maximum absolute atomic E-state index is 12.9. The highest BCUT2D eigenvalue weighted by Gasteiger charge is 2.16. The number of ketones is 1. The van der Waals surface area contributed by atoms with Gasteiger partial charge in [0.15, 0.2) is 11.4 Å². The van der Waals surface area contributed by atoms with Gasteiger partial charge in [0.25, 0.3) is 0 Å². The minimum atomic E-state index is -0.181. The fraction of sp³-hybridized carbons (Fsp3) is 0.240. The quantitative estimate of drug-likeness (QED) is 0.475. The number of benzene rings is 1. The molecular weight excluding hydrogens is 402 g/mol. The molecule has 7 heteroatoms. The molecule has 0 spiro atoms. The molecule has 0 radical (unpaired) electrons. The second kappa shape index (κ2) is 8.34. The van der Waals surface area contributed by atoms with E-state index in [2.05, 4.69) is 41.2 Å². The zero-order valence-corrected chi connectivity index (χ0v) is 18.6. The van der Waals surface area contributed by atoms with Crippen molar-refractivity contribution in [3.05, 3.63) is 77.7 Å². The maximum Gasteiger partial charge on any atom is 0.222 e. The molecule has 1 aromatic carbocycles. The Labute approximate surface area is 186 Å². The minimum Gasteiger partial charge on any atom is -0.311 e. The highest BCUT2D eigenvalue weighted by molar-refractivity contribution is 5.97. The van der Waals surface area contributed by atoms with Gasteiger partial charge in [0.1, 0.15) is 5.82 Å². The summed E-state index contributed by atoms with van der Waals surface area (Å²) < 4.78 is 1.71. The summed E-state index contributed by atoms with van der Waals surface area (Å²) in [6.45, 7) is 7.88. The Morgan fingerprint density at radius 3 is 2.41 bits per heavy atom. The number of carbonyl (C=O) groups excluding carboxylic acids is 2. The molecule has 0 atom stereocenters. The first-order valence-corrected chi connectivity index (χ1v) is 10.4. The highest BCUT2D eigenvalue weighted by Crippen LogP contribution is 2.24. The van der Waals surface area contributed by atoms with E-state index in [1.807, 2.05) is 36.4 Å². The third-order valence-electron chi connectivity index (χ3n) is 5.19. The van der Waals surface area contributed by atoms with Crippen molar-refractivity contribution >= 4 is 23.2 Å². The number of hydrogen-bond acceptors (Lipinski definition) is 5. The van der Waals surface area contributed by atoms with Gasteiger partial charge in [-0.3, -0.25) is 9.59 Å². The molecule has 0 bridgehead atoms. The predicted molar refractivity (Wildman–Crippen MR) is 124 cm³/mol. The first-order chi connectivity index (χ1) is 15.2. The Hall–Kier alpha value is -3.87. The summed E-state index contributed by atoms with van der Waals surface area (Å²) in [5.41, 5.74) is 4.77. The van der Waals surface area contributed by atoms with Crippen LogP contribution < -0.4 is 5.32 Å². The molecule has 162 valence electrons. The van der Waals surface area contributed by atoms with E-state index in [-0.39, 0.29) is 23.5 Å². The van der Waals surface area contributed by atoms with E-state index in [9.17, 15) is 9.59 Å². The van der Waals surface area contributed by atoms with Gasteiger partial charge in [-0.1, -0.05) is 45.0 Å². The third kappa shape index (κ3) is 4.56. The van der Waals surface area contributed by atoms with Crippen LogP contribution >= 0.6 is 0 Å². The molecule has 0 aliphatic heterocycles. The van der Waals surface area contributed by atoms with Crippen molar-refractivity contribution in [2.75, 3.05) is 5.32 Å². The Kier molecular flexibility index (Phi) is 5.57. The molecule has 0 aliphatic rings. The number of pyridine rings is 1. The van der Waals surface area contributed by atoms with Crippen molar-refractivity contribution in [2.24, 2.45) is 0 Å². The number of aromatic nitrogens is 4. The van der Waals surface area contributed by atoms with E-state index in [4.69, 9.17) is 0 Å². The van der Waals surface area contributed by atoms with Crippen LogP contribution in [0.3, 0.4) is 0 Å². The van der Waals surface area contributed by atoms with Gasteiger partial charge >= 0.3 is 0 Å². The van der Waals surface area contributed by atoms with Gasteiger partial charge < -0.3 is 5.32 Å². The first-order valence-electron chi connectivity index (χ1n) is 10.4. The largest absolute Gasteiger partial charge is 0.311 e. The van der Waals surface area contributed by atoms with Crippen LogP contribution in [-0.4, -0.2) is 31.3 Å². The summed E-state index contributed by atoms with van der Waals surface area (Å²) in [6.07, 6.45) is 3.52. The molecule has 3 aromatic heterocycles. The number of nitrogens with one attached hydrogen (secondary N) is 1. The van der Waals surface area contributed by atoms with Gasteiger partial charge in [-0.05, 0) is 29.2 Å². The van der Waals surface area contributed by atoms with Gasteiger partial charge in [0, 0.05) is 30.3 Å². The molecule has 1 amide bonds. The van der Waals surface area contributed by atoms with E-state index in [1.165, 1.54) is 12.5 Å². The van der Waals surface area contributed by atoms with Crippen LogP contribution in [-0.2, 0) is 16.6 Å². The second-order valence-electron chi connectivity index (χ2n) is 8.77. The fourth-order valence-electron chi connectivity index (χ4n) is 3.48. The average Bonchev–Trinajstić information content (AvgIpc) is 3.21. The van der Waals surface area contributed by atoms with Crippen LogP contribution in [0.4, 0.5) is 5.82 Å². The Balaban J connectivity index is 1.63. The minimum absolute atomic E-state index is 0.00639. The van der Waals surface area contributed by atoms with E-state index in [0.29, 0.717) is 22.7 Å². The van der Waals surface area contributed by atoms with Gasteiger partial charge in [0.2, 0.25) is 5.91 Å². The summed E-state index contributed by atoms with van der Waals surface area (Å²) in [5, 5.41) is 7.00. The number of fused-ring (bicyclic) bond motifs is 1. The summed E-state index contributed by atoms with van der Waals surface area (Å²) in [6, 6.07) is 15.0. The molecule has 4 aromatic rings. The van der Waals surface area contributed by atoms with Gasteiger partial charge in [-0.25, -0.2) is 14.5 Å². The fourth-order valence-corrected chi connectivity index (χ4v) is 3.48. The Morgan fingerprint density at radius 1 is 1.03 bits per heavy atom. The zero-order valence-electron chi connectivity index (χ0n) is 18.6. The summed E-state index contributed by atoms with van der Waals surface area (Å²) in [4.78, 5) is 33.1. The maximum atomic E-state index is 12.9. The van der Waals surface area contributed by atoms with Crippen LogP contribution in [0, 0.1) is 0 Å². The molecule has 1 N–H and O–H groups in total. The Morgan fingerprint density at radius 2 is 1.78 bits per heavy atom. The van der Waals surface area contributed by atoms with Crippen molar-refractivity contribution in [2.45, 2.75) is 39.5 Å². The monoisotopic (exact) mass is 427 g/mol. The lowest BCUT2D eigenvalue weighted by molar-refractivity contribution is -0.114. The molecule has 0 unspecified atom stereocenters. The molecule has 0 saturated heterocycles. The topological polar surface area (TPSA) is 89.2 Å². The molecule has 7 nitrogen and oxygen atoms in total. The standard InChI is InChI=1S/C25H25N5O2/c1-16(31)28-23-10-7-18(15-26-23)21-13-20(29-24-11-12-27-30(21)24)14-22(32)17-5-8-19(9-6-17)25(2,3)4/h5-13,15H,14H2,1-4H3,(H,26,28,31). The number of anilines is 1. The van der Waals surface area contributed by atoms with E-state index < -0.39 is 0 Å². The third-order valence-corrected chi connectivity index (χ3v) is 5.19. The number of nitrogens with zero attached hydrogens (tertiary/aromatic N) is 4. The van der Waals surface area contributed by atoms with Crippen molar-refractivity contribution in [3.63, 3.8) is 0 Å². The number of carbonyl (C=O) groups is 2. The van der Waals surface area contributed by atoms with Gasteiger partial charge in [-0.15, -0.1) is 0 Å². The number of hydrogen-bond donors (Lipinski definition) is 1. The predicted octanol–water partition coefficient (Wildman–Crippen LogP) is 4.47. The SMILES string of the molecule is CC(=O)Nc1ccc(-c2cc(CC(=O)c3ccc(C(C)(C)C)cc3)nc3ccnn23)cn1. The van der Waals surface area contributed by atoms with Crippen molar-refractivity contribution in [3.8, 4) is 11.3 Å². The summed E-state index contributed by atoms with van der Waals surface area (Å²) >= 11 is 0. The van der Waals surface area contributed by atoms with Crippen molar-refractivity contribution < 1.29 is 9.59 Å². The molecule has 0 fully saturated rings. The molecule has 0 aliphatic carbocycles. The van der Waals surface area contributed by atoms with Gasteiger partial charge in [0.05, 0.1) is 24.0 Å². The zero-order chi connectivity index (χ0) is 22.9. The molecule has 0 saturated carbocycles. The van der Waals surface area contributed by atoms with Crippen LogP contribution in [0.25, 0.3) is 16.9 Å². The van der Waals surface area contributed by atoms with Crippen LogP contribution in [0.2, 0.25) is 0 Å². The Bertz CT molecular complexity index is 1280. The lowest BCUT2D eigenvalue weighted by atomic mass is 9.86. The van der Waals surface area contributed by atoms with Crippen LogP contribution in [0.1, 0.15) is 49.3 Å². The summed E-state index contributed by atoms with van der Waals surface area (Å²) in [5.74, 6) is 0.299. The first kappa shape index (κ1) is 21.4. The van der Waals surface area contributed by atoms with Crippen molar-refractivity contribution in [1.29, 1.82) is 0 Å². The van der Waals surface area contributed by atoms with E-state index in [0.717, 1.165) is 11.3 Å². The lowest BCUT2D eigenvalue weighted by Crippen LogP contribution is -2.12. The molecule has 32 heavy (non-hydrogen) atoms. The molecular formula is C25H25N5O2. The smallest absolute Gasteiger partial charge is 0.222 e. The molecule has 3 heterocycles. The average molecular weight is 428 g/mol.